The van der Waals surface area contributed by atoms with E-state index in [0.29, 0.717) is 9.87 Å². The summed E-state index contributed by atoms with van der Waals surface area (Å²) in [6.45, 7) is 1.42. The number of sulfonamides is 1. The van der Waals surface area contributed by atoms with Gasteiger partial charge in [0.15, 0.2) is 6.04 Å². The molecule has 1 atom stereocenters. The lowest BCUT2D eigenvalue weighted by molar-refractivity contribution is -0.139. The van der Waals surface area contributed by atoms with Gasteiger partial charge in [0, 0.05) is 13.1 Å². The van der Waals surface area contributed by atoms with E-state index in [0.717, 1.165) is 4.90 Å². The third-order valence-corrected chi connectivity index (χ3v) is 5.52. The number of benzene rings is 1. The molecule has 136 valence electrons. The molecule has 1 unspecified atom stereocenters. The van der Waals surface area contributed by atoms with Crippen LogP contribution in [0.2, 0.25) is 0 Å². The van der Waals surface area contributed by atoms with Gasteiger partial charge in [0.2, 0.25) is 10.0 Å². The number of aliphatic carboxylic acids is 1. The quantitative estimate of drug-likeness (QED) is 0.798. The van der Waals surface area contributed by atoms with E-state index < -0.39 is 34.1 Å². The summed E-state index contributed by atoms with van der Waals surface area (Å²) in [7, 11) is -3.79. The minimum absolute atomic E-state index is 0.000168. The molecule has 0 spiro atoms. The van der Waals surface area contributed by atoms with Crippen LogP contribution in [0.25, 0.3) is 0 Å². The van der Waals surface area contributed by atoms with Crippen LogP contribution in [-0.4, -0.2) is 59.6 Å². The molecule has 1 heterocycles. The van der Waals surface area contributed by atoms with Crippen molar-refractivity contribution in [3.05, 3.63) is 35.9 Å². The van der Waals surface area contributed by atoms with Gasteiger partial charge >= 0.3 is 18.0 Å². The highest BCUT2D eigenvalue weighted by Gasteiger charge is 2.37. The molecule has 1 aliphatic heterocycles. The summed E-state index contributed by atoms with van der Waals surface area (Å²) in [5.41, 5.74) is 0.339. The summed E-state index contributed by atoms with van der Waals surface area (Å²) >= 11 is 0. The predicted octanol–water partition coefficient (Wildman–Crippen LogP) is 0.999. The second-order valence-corrected chi connectivity index (χ2v) is 7.57. The maximum Gasteiger partial charge on any atom is 0.341 e. The second-order valence-electron chi connectivity index (χ2n) is 5.39. The number of urea groups is 2. The summed E-state index contributed by atoms with van der Waals surface area (Å²) in [5, 5.41) is 11.6. The van der Waals surface area contributed by atoms with Crippen molar-refractivity contribution in [1.29, 1.82) is 0 Å². The number of carboxylic acids is 1. The first-order valence-corrected chi connectivity index (χ1v) is 9.29. The van der Waals surface area contributed by atoms with Gasteiger partial charge in [-0.25, -0.2) is 32.0 Å². The van der Waals surface area contributed by atoms with Crippen LogP contribution < -0.4 is 5.32 Å². The van der Waals surface area contributed by atoms with Crippen LogP contribution in [0.5, 0.6) is 0 Å². The molecular formula is C15H19N3O6S. The van der Waals surface area contributed by atoms with Gasteiger partial charge in [-0.15, -0.1) is 0 Å². The average Bonchev–Trinajstić information content (AvgIpc) is 2.60. The Morgan fingerprint density at radius 2 is 1.88 bits per heavy atom. The molecule has 4 amide bonds. The number of hydrogen-bond donors (Lipinski definition) is 2. The second kappa shape index (κ2) is 7.51. The van der Waals surface area contributed by atoms with Gasteiger partial charge in [0.1, 0.15) is 0 Å². The molecule has 10 heteroatoms. The lowest BCUT2D eigenvalue weighted by Crippen LogP contribution is -2.57. The Balaban J connectivity index is 2.19. The van der Waals surface area contributed by atoms with Crippen molar-refractivity contribution in [2.45, 2.75) is 19.4 Å². The van der Waals surface area contributed by atoms with Crippen molar-refractivity contribution in [1.82, 2.24) is 14.5 Å². The molecule has 0 radical (unpaired) electrons. The van der Waals surface area contributed by atoms with Crippen LogP contribution in [0.4, 0.5) is 9.59 Å². The highest BCUT2D eigenvalue weighted by Crippen LogP contribution is 2.17. The molecule has 2 N–H and O–H groups in total. The van der Waals surface area contributed by atoms with Crippen LogP contribution >= 0.6 is 0 Å². The standard InChI is InChI=1S/C15H19N3O6S/c1-2-25(23,24)18-10-6-9-17(15(18)22)14(21)16-12(13(19)20)11-7-4-3-5-8-11/h3-5,7-8,12H,2,6,9-10H2,1H3,(H,16,21)(H,19,20). The van der Waals surface area contributed by atoms with Gasteiger partial charge in [0.05, 0.1) is 5.75 Å². The SMILES string of the molecule is CCS(=O)(=O)N1CCCN(C(=O)NC(C(=O)O)c2ccccc2)C1=O. The number of rotatable bonds is 5. The Labute approximate surface area is 145 Å². The molecule has 0 aliphatic carbocycles. The molecule has 1 aromatic rings. The van der Waals surface area contributed by atoms with Crippen molar-refractivity contribution in [3.63, 3.8) is 0 Å². The zero-order chi connectivity index (χ0) is 18.6. The third kappa shape index (κ3) is 4.08. The largest absolute Gasteiger partial charge is 0.479 e. The summed E-state index contributed by atoms with van der Waals surface area (Å²) < 4.78 is 24.5. The van der Waals surface area contributed by atoms with Crippen molar-refractivity contribution in [2.24, 2.45) is 0 Å². The van der Waals surface area contributed by atoms with Crippen molar-refractivity contribution >= 4 is 28.1 Å². The van der Waals surface area contributed by atoms with Gasteiger partial charge < -0.3 is 10.4 Å². The minimum atomic E-state index is -3.79. The monoisotopic (exact) mass is 369 g/mol. The van der Waals surface area contributed by atoms with E-state index in [1.54, 1.807) is 18.2 Å². The Hall–Kier alpha value is -2.62. The molecule has 1 saturated heterocycles. The first-order chi connectivity index (χ1) is 11.8. The molecule has 2 rings (SSSR count). The fourth-order valence-electron chi connectivity index (χ4n) is 2.44. The van der Waals surface area contributed by atoms with Crippen LogP contribution in [0, 0.1) is 0 Å². The maximum atomic E-state index is 12.4. The highest BCUT2D eigenvalue weighted by atomic mass is 32.2. The third-order valence-electron chi connectivity index (χ3n) is 3.78. The Morgan fingerprint density at radius 3 is 2.44 bits per heavy atom. The van der Waals surface area contributed by atoms with Gasteiger partial charge in [0.25, 0.3) is 0 Å². The van der Waals surface area contributed by atoms with Crippen LogP contribution in [0.15, 0.2) is 30.3 Å². The van der Waals surface area contributed by atoms with Crippen LogP contribution in [0.1, 0.15) is 24.9 Å². The minimum Gasteiger partial charge on any atom is -0.479 e. The molecule has 1 aromatic carbocycles. The van der Waals surface area contributed by atoms with Gasteiger partial charge in [-0.1, -0.05) is 30.3 Å². The van der Waals surface area contributed by atoms with Gasteiger partial charge in [-0.3, -0.25) is 0 Å². The lowest BCUT2D eigenvalue weighted by Gasteiger charge is -2.33. The van der Waals surface area contributed by atoms with E-state index in [9.17, 15) is 27.9 Å². The Morgan fingerprint density at radius 1 is 1.24 bits per heavy atom. The zero-order valence-corrected chi connectivity index (χ0v) is 14.4. The van der Waals surface area contributed by atoms with Gasteiger partial charge in [-0.05, 0) is 18.9 Å². The number of nitrogens with zero attached hydrogens (tertiary/aromatic N) is 2. The summed E-state index contributed by atoms with van der Waals surface area (Å²) in [4.78, 5) is 36.9. The smallest absolute Gasteiger partial charge is 0.341 e. The fraction of sp³-hybridized carbons (Fsp3) is 0.400. The number of nitrogens with one attached hydrogen (secondary N) is 1. The molecule has 25 heavy (non-hydrogen) atoms. The van der Waals surface area contributed by atoms with Crippen molar-refractivity contribution in [2.75, 3.05) is 18.8 Å². The fourth-order valence-corrected chi connectivity index (χ4v) is 3.49. The van der Waals surface area contributed by atoms with Crippen LogP contribution in [-0.2, 0) is 14.8 Å². The predicted molar refractivity (Wildman–Crippen MR) is 88.2 cm³/mol. The molecule has 0 saturated carbocycles. The van der Waals surface area contributed by atoms with E-state index in [2.05, 4.69) is 5.32 Å². The van der Waals surface area contributed by atoms with E-state index >= 15 is 0 Å². The molecule has 0 bridgehead atoms. The number of carboxylic acid groups (broad SMARTS) is 1. The Bertz CT molecular complexity index is 765. The Kier molecular flexibility index (Phi) is 5.62. The van der Waals surface area contributed by atoms with Gasteiger partial charge in [-0.2, -0.15) is 0 Å². The zero-order valence-electron chi connectivity index (χ0n) is 13.6. The number of amides is 4. The summed E-state index contributed by atoms with van der Waals surface area (Å²) in [6, 6.07) is 4.75. The number of carbonyl (C=O) groups excluding carboxylic acids is 2. The van der Waals surface area contributed by atoms with Crippen molar-refractivity contribution in [3.8, 4) is 0 Å². The van der Waals surface area contributed by atoms with E-state index in [1.165, 1.54) is 19.1 Å². The molecule has 9 nitrogen and oxygen atoms in total. The topological polar surface area (TPSA) is 124 Å². The number of imide groups is 1. The van der Waals surface area contributed by atoms with Crippen LogP contribution in [0.3, 0.4) is 0 Å². The number of carbonyl (C=O) groups is 3. The number of hydrogen-bond acceptors (Lipinski definition) is 5. The highest BCUT2D eigenvalue weighted by molar-refractivity contribution is 7.89. The maximum absolute atomic E-state index is 12.4. The van der Waals surface area contributed by atoms with E-state index in [1.807, 2.05) is 0 Å². The first kappa shape index (κ1) is 18.7. The first-order valence-electron chi connectivity index (χ1n) is 7.68. The van der Waals surface area contributed by atoms with Crippen molar-refractivity contribution < 1.29 is 27.9 Å². The average molecular weight is 369 g/mol. The summed E-state index contributed by atoms with van der Waals surface area (Å²) in [5.74, 6) is -1.56. The molecule has 0 aromatic heterocycles. The molecule has 1 aliphatic rings. The molecule has 1 fully saturated rings. The van der Waals surface area contributed by atoms with E-state index in [-0.39, 0.29) is 25.3 Å². The summed E-state index contributed by atoms with van der Waals surface area (Å²) in [6.07, 6.45) is 0.279. The lowest BCUT2D eigenvalue weighted by atomic mass is 10.1. The molecular weight excluding hydrogens is 350 g/mol. The normalized spacial score (nSPS) is 16.4. The van der Waals surface area contributed by atoms with E-state index in [4.69, 9.17) is 0 Å².